The van der Waals surface area contributed by atoms with Crippen LogP contribution in [0, 0.1) is 5.92 Å². The van der Waals surface area contributed by atoms with Crippen LogP contribution >= 0.6 is 11.3 Å². The van der Waals surface area contributed by atoms with E-state index in [9.17, 15) is 9.90 Å². The van der Waals surface area contributed by atoms with Gasteiger partial charge in [0.15, 0.2) is 11.5 Å². The van der Waals surface area contributed by atoms with Gasteiger partial charge in [-0.25, -0.2) is 9.97 Å². The van der Waals surface area contributed by atoms with E-state index in [4.69, 9.17) is 19.4 Å². The highest BCUT2D eigenvalue weighted by Gasteiger charge is 2.29. The van der Waals surface area contributed by atoms with Crippen LogP contribution < -0.4 is 14.8 Å². The number of benzene rings is 2. The highest BCUT2D eigenvalue weighted by molar-refractivity contribution is 7.25. The summed E-state index contributed by atoms with van der Waals surface area (Å²) in [7, 11) is 0. The van der Waals surface area contributed by atoms with Crippen LogP contribution in [-0.4, -0.2) is 34.3 Å². The molecule has 34 heavy (non-hydrogen) atoms. The molecule has 6 rings (SSSR count). The van der Waals surface area contributed by atoms with Crippen molar-refractivity contribution < 1.29 is 19.4 Å². The molecule has 0 atom stereocenters. The molecule has 1 saturated carbocycles. The van der Waals surface area contributed by atoms with Gasteiger partial charge in [0, 0.05) is 22.5 Å². The minimum atomic E-state index is -0.693. The van der Waals surface area contributed by atoms with Crippen molar-refractivity contribution >= 4 is 43.4 Å². The van der Waals surface area contributed by atoms with Crippen LogP contribution in [0.1, 0.15) is 43.0 Å². The molecule has 0 saturated heterocycles. The molecule has 0 spiro atoms. The summed E-state index contributed by atoms with van der Waals surface area (Å²) in [5.41, 5.74) is 1.08. The number of hydrogen-bond donors (Lipinski definition) is 2. The number of aliphatic carboxylic acids is 1. The van der Waals surface area contributed by atoms with Crippen LogP contribution in [0.15, 0.2) is 42.5 Å². The number of carbonyl (C=O) groups is 1. The van der Waals surface area contributed by atoms with Crippen LogP contribution in [0.2, 0.25) is 0 Å². The Morgan fingerprint density at radius 3 is 2.65 bits per heavy atom. The Balaban J connectivity index is 1.34. The fraction of sp³-hybridized carbons (Fsp3) is 0.346. The third kappa shape index (κ3) is 3.92. The summed E-state index contributed by atoms with van der Waals surface area (Å²) in [4.78, 5) is 22.3. The lowest BCUT2D eigenvalue weighted by Crippen LogP contribution is -2.21. The van der Waals surface area contributed by atoms with Gasteiger partial charge in [0.2, 0.25) is 0 Å². The zero-order valence-electron chi connectivity index (χ0n) is 18.6. The minimum absolute atomic E-state index is 0.181. The van der Waals surface area contributed by atoms with Gasteiger partial charge in [-0.1, -0.05) is 24.3 Å². The fourth-order valence-corrected chi connectivity index (χ4v) is 6.02. The molecular formula is C26H25N3O4S. The van der Waals surface area contributed by atoms with Crippen LogP contribution in [0.3, 0.4) is 0 Å². The first kappa shape index (κ1) is 21.2. The number of nitrogens with one attached hydrogen (secondary N) is 1. The number of nitrogens with zero attached hydrogens (tertiary/aromatic N) is 2. The second-order valence-electron chi connectivity index (χ2n) is 8.93. The minimum Gasteiger partial charge on any atom is -0.486 e. The van der Waals surface area contributed by atoms with E-state index < -0.39 is 5.97 Å². The van der Waals surface area contributed by atoms with Crippen LogP contribution in [-0.2, 0) is 11.3 Å². The number of aromatic nitrogens is 2. The van der Waals surface area contributed by atoms with E-state index >= 15 is 0 Å². The lowest BCUT2D eigenvalue weighted by atomic mass is 9.81. The number of ether oxygens (including phenoxy) is 2. The quantitative estimate of drug-likeness (QED) is 0.389. The Labute approximate surface area is 200 Å². The molecule has 1 aliphatic carbocycles. The molecule has 0 bridgehead atoms. The number of rotatable bonds is 5. The predicted molar refractivity (Wildman–Crippen MR) is 132 cm³/mol. The van der Waals surface area contributed by atoms with Gasteiger partial charge in [0.05, 0.1) is 11.3 Å². The number of thiophene rings is 1. The first-order valence-electron chi connectivity index (χ1n) is 11.7. The van der Waals surface area contributed by atoms with E-state index in [0.717, 1.165) is 57.1 Å². The molecule has 0 unspecified atom stereocenters. The molecule has 8 heteroatoms. The van der Waals surface area contributed by atoms with Crippen LogP contribution in [0.5, 0.6) is 11.5 Å². The molecule has 174 valence electrons. The van der Waals surface area contributed by atoms with Gasteiger partial charge in [-0.2, -0.15) is 0 Å². The maximum atomic E-state index is 11.4. The molecule has 3 heterocycles. The number of fused-ring (bicyclic) bond motifs is 4. The van der Waals surface area contributed by atoms with Crippen molar-refractivity contribution in [2.45, 2.75) is 38.1 Å². The second kappa shape index (κ2) is 8.76. The van der Waals surface area contributed by atoms with Gasteiger partial charge in [-0.05, 0) is 49.4 Å². The Bertz CT molecular complexity index is 1380. The molecule has 2 aromatic carbocycles. The zero-order chi connectivity index (χ0) is 23.1. The highest BCUT2D eigenvalue weighted by atomic mass is 32.1. The highest BCUT2D eigenvalue weighted by Crippen LogP contribution is 2.40. The molecule has 4 aromatic rings. The normalized spacial score (nSPS) is 19.9. The van der Waals surface area contributed by atoms with Gasteiger partial charge in [0.1, 0.15) is 29.7 Å². The van der Waals surface area contributed by atoms with Crippen molar-refractivity contribution in [3.63, 3.8) is 0 Å². The standard InChI is InChI=1S/C26H25N3O4S/c30-26(31)17-8-6-16(7-9-17)23-28-24(22-18-3-1-2-4-21(18)34-25(22)29-23)27-14-15-5-10-19-20(13-15)33-12-11-32-19/h1-5,10,13,16-17H,6-9,11-12,14H2,(H,30,31)(H,27,28,29). The SMILES string of the molecule is O=C(O)C1CCC(c2nc(NCc3ccc4c(c3)OCCO4)c3c(n2)sc2ccccc23)CC1. The van der Waals surface area contributed by atoms with Gasteiger partial charge < -0.3 is 19.9 Å². The van der Waals surface area contributed by atoms with Crippen molar-refractivity contribution in [1.29, 1.82) is 0 Å². The van der Waals surface area contributed by atoms with Gasteiger partial charge in [0.25, 0.3) is 0 Å². The van der Waals surface area contributed by atoms with E-state index in [-0.39, 0.29) is 11.8 Å². The maximum Gasteiger partial charge on any atom is 0.306 e. The summed E-state index contributed by atoms with van der Waals surface area (Å²) >= 11 is 1.68. The summed E-state index contributed by atoms with van der Waals surface area (Å²) in [6.07, 6.45) is 2.95. The first-order valence-corrected chi connectivity index (χ1v) is 12.5. The lowest BCUT2D eigenvalue weighted by molar-refractivity contribution is -0.142. The van der Waals surface area contributed by atoms with Crippen molar-refractivity contribution in [2.75, 3.05) is 18.5 Å². The summed E-state index contributed by atoms with van der Waals surface area (Å²) < 4.78 is 12.6. The first-order chi connectivity index (χ1) is 16.7. The topological polar surface area (TPSA) is 93.6 Å². The van der Waals surface area contributed by atoms with Crippen LogP contribution in [0.25, 0.3) is 20.3 Å². The van der Waals surface area contributed by atoms with Crippen molar-refractivity contribution in [2.24, 2.45) is 5.92 Å². The van der Waals surface area contributed by atoms with Crippen LogP contribution in [0.4, 0.5) is 5.82 Å². The predicted octanol–water partition coefficient (Wildman–Crippen LogP) is 5.59. The van der Waals surface area contributed by atoms with E-state index in [1.165, 1.54) is 4.70 Å². The average Bonchev–Trinajstić information content (AvgIpc) is 3.26. The third-order valence-electron chi connectivity index (χ3n) is 6.76. The lowest BCUT2D eigenvalue weighted by Gasteiger charge is -2.25. The summed E-state index contributed by atoms with van der Waals surface area (Å²) in [6, 6.07) is 14.3. The fourth-order valence-electron chi connectivity index (χ4n) is 4.93. The van der Waals surface area contributed by atoms with Gasteiger partial charge >= 0.3 is 5.97 Å². The number of hydrogen-bond acceptors (Lipinski definition) is 7. The second-order valence-corrected chi connectivity index (χ2v) is 9.96. The molecule has 2 aromatic heterocycles. The maximum absolute atomic E-state index is 11.4. The van der Waals surface area contributed by atoms with Crippen molar-refractivity contribution in [1.82, 2.24) is 9.97 Å². The molecule has 0 radical (unpaired) electrons. The molecule has 2 N–H and O–H groups in total. The van der Waals surface area contributed by atoms with E-state index in [1.807, 2.05) is 30.3 Å². The summed E-state index contributed by atoms with van der Waals surface area (Å²) in [5, 5.41) is 15.1. The molecular weight excluding hydrogens is 450 g/mol. The summed E-state index contributed by atoms with van der Waals surface area (Å²) in [5.74, 6) is 2.43. The molecule has 7 nitrogen and oxygen atoms in total. The van der Waals surface area contributed by atoms with Gasteiger partial charge in [-0.15, -0.1) is 11.3 Å². The van der Waals surface area contributed by atoms with Crippen molar-refractivity contribution in [3.8, 4) is 11.5 Å². The monoisotopic (exact) mass is 475 g/mol. The Kier molecular flexibility index (Phi) is 5.45. The summed E-state index contributed by atoms with van der Waals surface area (Å²) in [6.45, 7) is 1.73. The Hall–Kier alpha value is -3.39. The molecule has 2 aliphatic rings. The van der Waals surface area contributed by atoms with Gasteiger partial charge in [-0.3, -0.25) is 4.79 Å². The number of carboxylic acids is 1. The van der Waals surface area contributed by atoms with E-state index in [0.29, 0.717) is 32.6 Å². The molecule has 0 amide bonds. The number of carboxylic acid groups (broad SMARTS) is 1. The third-order valence-corrected chi connectivity index (χ3v) is 7.83. The van der Waals surface area contributed by atoms with Crippen molar-refractivity contribution in [3.05, 3.63) is 53.9 Å². The van der Waals surface area contributed by atoms with E-state index in [1.54, 1.807) is 11.3 Å². The Morgan fingerprint density at radius 2 is 1.82 bits per heavy atom. The average molecular weight is 476 g/mol. The zero-order valence-corrected chi connectivity index (χ0v) is 19.4. The molecule has 1 aliphatic heterocycles. The Morgan fingerprint density at radius 1 is 1.03 bits per heavy atom. The number of anilines is 1. The smallest absolute Gasteiger partial charge is 0.306 e. The van der Waals surface area contributed by atoms with E-state index in [2.05, 4.69) is 17.4 Å². The largest absolute Gasteiger partial charge is 0.486 e. The molecule has 1 fully saturated rings.